The molecule has 0 spiro atoms. The first-order valence-corrected chi connectivity index (χ1v) is 7.07. The summed E-state index contributed by atoms with van der Waals surface area (Å²) in [6.07, 6.45) is 0. The van der Waals surface area contributed by atoms with Gasteiger partial charge in [0, 0.05) is 22.6 Å². The van der Waals surface area contributed by atoms with Gasteiger partial charge in [0.05, 0.1) is 13.2 Å². The summed E-state index contributed by atoms with van der Waals surface area (Å²) in [6.45, 7) is 6.62. The van der Waals surface area contributed by atoms with Crippen molar-refractivity contribution < 1.29 is 13.9 Å². The van der Waals surface area contributed by atoms with E-state index in [1.54, 1.807) is 19.1 Å². The lowest BCUT2D eigenvalue weighted by atomic mass is 10.1. The molecule has 1 rings (SSSR count). The topological polar surface area (TPSA) is 29.5 Å². The Labute approximate surface area is 121 Å². The minimum absolute atomic E-state index is 0.132. The van der Waals surface area contributed by atoms with E-state index >= 15 is 0 Å². The van der Waals surface area contributed by atoms with E-state index in [2.05, 4.69) is 15.9 Å². The van der Waals surface area contributed by atoms with Crippen LogP contribution in [-0.4, -0.2) is 30.1 Å². The number of rotatable bonds is 6. The standard InChI is InChI=1S/C14H19BrFNO2/c1-4-19-14(18)9-17(10(2)3)8-11-5-6-12(15)7-13(11)16/h5-7,10H,4,8-9H2,1-3H3. The fourth-order valence-corrected chi connectivity index (χ4v) is 2.00. The highest BCUT2D eigenvalue weighted by Crippen LogP contribution is 2.17. The van der Waals surface area contributed by atoms with E-state index in [1.165, 1.54) is 6.07 Å². The normalized spacial score (nSPS) is 11.1. The molecule has 5 heteroatoms. The third-order valence-corrected chi connectivity index (χ3v) is 3.25. The van der Waals surface area contributed by atoms with Crippen LogP contribution in [0.3, 0.4) is 0 Å². The molecule has 0 fully saturated rings. The summed E-state index contributed by atoms with van der Waals surface area (Å²) in [7, 11) is 0. The molecule has 0 atom stereocenters. The molecule has 0 amide bonds. The van der Waals surface area contributed by atoms with Crippen LogP contribution in [-0.2, 0) is 16.1 Å². The Hall–Kier alpha value is -0.940. The van der Waals surface area contributed by atoms with E-state index in [0.29, 0.717) is 23.2 Å². The van der Waals surface area contributed by atoms with Crippen LogP contribution in [0.15, 0.2) is 22.7 Å². The molecule has 106 valence electrons. The van der Waals surface area contributed by atoms with Crippen LogP contribution >= 0.6 is 15.9 Å². The quantitative estimate of drug-likeness (QED) is 0.748. The van der Waals surface area contributed by atoms with Crippen molar-refractivity contribution in [3.05, 3.63) is 34.1 Å². The van der Waals surface area contributed by atoms with Crippen LogP contribution < -0.4 is 0 Å². The average Bonchev–Trinajstić information content (AvgIpc) is 2.31. The molecule has 0 unspecified atom stereocenters. The average molecular weight is 332 g/mol. The first-order valence-electron chi connectivity index (χ1n) is 6.27. The van der Waals surface area contributed by atoms with Crippen molar-refractivity contribution in [1.29, 1.82) is 0 Å². The third kappa shape index (κ3) is 5.28. The van der Waals surface area contributed by atoms with Gasteiger partial charge >= 0.3 is 5.97 Å². The number of carbonyl (C=O) groups is 1. The van der Waals surface area contributed by atoms with Gasteiger partial charge in [0.1, 0.15) is 5.82 Å². The van der Waals surface area contributed by atoms with Crippen molar-refractivity contribution in [3.63, 3.8) is 0 Å². The van der Waals surface area contributed by atoms with Crippen LogP contribution in [0.4, 0.5) is 4.39 Å². The van der Waals surface area contributed by atoms with Gasteiger partial charge in [-0.2, -0.15) is 0 Å². The smallest absolute Gasteiger partial charge is 0.320 e. The monoisotopic (exact) mass is 331 g/mol. The van der Waals surface area contributed by atoms with Crippen LogP contribution in [0.5, 0.6) is 0 Å². The number of carbonyl (C=O) groups excluding carboxylic acids is 1. The van der Waals surface area contributed by atoms with Crippen molar-refractivity contribution in [3.8, 4) is 0 Å². The Kier molecular flexibility index (Phi) is 6.45. The Balaban J connectivity index is 2.75. The number of nitrogens with zero attached hydrogens (tertiary/aromatic N) is 1. The SMILES string of the molecule is CCOC(=O)CN(Cc1ccc(Br)cc1F)C(C)C. The van der Waals surface area contributed by atoms with E-state index in [0.717, 1.165) is 0 Å². The number of hydrogen-bond donors (Lipinski definition) is 0. The van der Waals surface area contributed by atoms with Crippen molar-refractivity contribution in [1.82, 2.24) is 4.90 Å². The van der Waals surface area contributed by atoms with Crippen LogP contribution in [0, 0.1) is 5.82 Å². The predicted octanol–water partition coefficient (Wildman–Crippen LogP) is 3.36. The van der Waals surface area contributed by atoms with Gasteiger partial charge in [-0.05, 0) is 32.9 Å². The number of hydrogen-bond acceptors (Lipinski definition) is 3. The molecule has 3 nitrogen and oxygen atoms in total. The molecule has 0 aliphatic heterocycles. The molecule has 0 saturated heterocycles. The first-order chi connectivity index (χ1) is 8.93. The Morgan fingerprint density at radius 1 is 1.47 bits per heavy atom. The lowest BCUT2D eigenvalue weighted by molar-refractivity contribution is -0.145. The van der Waals surface area contributed by atoms with Crippen molar-refractivity contribution in [2.75, 3.05) is 13.2 Å². The highest BCUT2D eigenvalue weighted by atomic mass is 79.9. The molecule has 0 radical (unpaired) electrons. The minimum atomic E-state index is -0.284. The molecule has 1 aromatic rings. The lowest BCUT2D eigenvalue weighted by Crippen LogP contribution is -2.36. The largest absolute Gasteiger partial charge is 0.465 e. The van der Waals surface area contributed by atoms with Crippen LogP contribution in [0.25, 0.3) is 0 Å². The third-order valence-electron chi connectivity index (χ3n) is 2.76. The van der Waals surface area contributed by atoms with Gasteiger partial charge in [0.15, 0.2) is 0 Å². The van der Waals surface area contributed by atoms with Crippen LogP contribution in [0.2, 0.25) is 0 Å². The maximum Gasteiger partial charge on any atom is 0.320 e. The van der Waals surface area contributed by atoms with Gasteiger partial charge in [-0.1, -0.05) is 22.0 Å². The van der Waals surface area contributed by atoms with E-state index in [9.17, 15) is 9.18 Å². The Morgan fingerprint density at radius 3 is 2.68 bits per heavy atom. The summed E-state index contributed by atoms with van der Waals surface area (Å²) < 4.78 is 19.4. The Bertz CT molecular complexity index is 437. The fourth-order valence-electron chi connectivity index (χ4n) is 1.66. The zero-order valence-corrected chi connectivity index (χ0v) is 13.0. The molecular weight excluding hydrogens is 313 g/mol. The van der Waals surface area contributed by atoms with Gasteiger partial charge in [-0.25, -0.2) is 4.39 Å². The molecule has 0 saturated carbocycles. The summed E-state index contributed by atoms with van der Waals surface area (Å²) in [4.78, 5) is 13.4. The highest BCUT2D eigenvalue weighted by Gasteiger charge is 2.17. The molecule has 19 heavy (non-hydrogen) atoms. The first kappa shape index (κ1) is 16.1. The van der Waals surface area contributed by atoms with E-state index in [1.807, 2.05) is 18.7 Å². The number of halogens is 2. The van der Waals surface area contributed by atoms with Gasteiger partial charge in [0.2, 0.25) is 0 Å². The minimum Gasteiger partial charge on any atom is -0.465 e. The number of benzene rings is 1. The van der Waals surface area contributed by atoms with Gasteiger partial charge < -0.3 is 4.74 Å². The maximum absolute atomic E-state index is 13.8. The summed E-state index contributed by atoms with van der Waals surface area (Å²) >= 11 is 3.22. The molecule has 0 bridgehead atoms. The molecular formula is C14H19BrFNO2. The number of ether oxygens (including phenoxy) is 1. The van der Waals surface area contributed by atoms with E-state index < -0.39 is 0 Å². The van der Waals surface area contributed by atoms with Gasteiger partial charge in [0.25, 0.3) is 0 Å². The summed E-state index contributed by atoms with van der Waals surface area (Å²) in [6, 6.07) is 5.08. The Morgan fingerprint density at radius 2 is 2.16 bits per heavy atom. The summed E-state index contributed by atoms with van der Waals surface area (Å²) in [5, 5.41) is 0. The summed E-state index contributed by atoms with van der Waals surface area (Å²) in [5.74, 6) is -0.558. The summed E-state index contributed by atoms with van der Waals surface area (Å²) in [5.41, 5.74) is 0.571. The highest BCUT2D eigenvalue weighted by molar-refractivity contribution is 9.10. The predicted molar refractivity (Wildman–Crippen MR) is 76.3 cm³/mol. The molecule has 0 aliphatic carbocycles. The molecule has 0 aliphatic rings. The van der Waals surface area contributed by atoms with Crippen molar-refractivity contribution >= 4 is 21.9 Å². The second-order valence-corrected chi connectivity index (χ2v) is 5.46. The maximum atomic E-state index is 13.8. The zero-order chi connectivity index (χ0) is 14.4. The molecule has 0 heterocycles. The second kappa shape index (κ2) is 7.60. The van der Waals surface area contributed by atoms with Crippen LogP contribution in [0.1, 0.15) is 26.3 Å². The van der Waals surface area contributed by atoms with Gasteiger partial charge in [-0.3, -0.25) is 9.69 Å². The molecule has 1 aromatic carbocycles. The van der Waals surface area contributed by atoms with E-state index in [-0.39, 0.29) is 24.4 Å². The van der Waals surface area contributed by atoms with Crippen molar-refractivity contribution in [2.24, 2.45) is 0 Å². The fraction of sp³-hybridized carbons (Fsp3) is 0.500. The zero-order valence-electron chi connectivity index (χ0n) is 11.5. The van der Waals surface area contributed by atoms with Crippen molar-refractivity contribution in [2.45, 2.75) is 33.4 Å². The number of esters is 1. The molecule has 0 aromatic heterocycles. The molecule has 0 N–H and O–H groups in total. The lowest BCUT2D eigenvalue weighted by Gasteiger charge is -2.25. The second-order valence-electron chi connectivity index (χ2n) is 4.54. The van der Waals surface area contributed by atoms with E-state index in [4.69, 9.17) is 4.74 Å². The van der Waals surface area contributed by atoms with Gasteiger partial charge in [-0.15, -0.1) is 0 Å².